The highest BCUT2D eigenvalue weighted by Gasteiger charge is 2.24. The van der Waals surface area contributed by atoms with Crippen LogP contribution in [0.2, 0.25) is 4.34 Å². The van der Waals surface area contributed by atoms with Gasteiger partial charge in [0.05, 0.1) is 4.34 Å². The third kappa shape index (κ3) is 3.33. The summed E-state index contributed by atoms with van der Waals surface area (Å²) in [5, 5.41) is 3.81. The molecule has 4 heteroatoms. The Labute approximate surface area is 125 Å². The third-order valence-electron chi connectivity index (χ3n) is 4.57. The van der Waals surface area contributed by atoms with E-state index in [2.05, 4.69) is 23.3 Å². The second kappa shape index (κ2) is 6.13. The Morgan fingerprint density at radius 3 is 2.95 bits per heavy atom. The Kier molecular flexibility index (Phi) is 4.47. The van der Waals surface area contributed by atoms with Crippen molar-refractivity contribution in [1.82, 2.24) is 10.2 Å². The molecule has 106 valence electrons. The lowest BCUT2D eigenvalue weighted by atomic mass is 9.92. The average Bonchev–Trinajstić information content (AvgIpc) is 2.79. The zero-order valence-corrected chi connectivity index (χ0v) is 13.2. The standard InChI is InChI=1S/C15H23ClN2S/c1-18-7-5-11(6-8-18)10-17-13-3-2-4-14-12(13)9-15(16)19-14/h9,11,13,17H,2-8,10H2,1H3. The molecule has 0 aromatic carbocycles. The molecule has 1 N–H and O–H groups in total. The first-order valence-corrected chi connectivity index (χ1v) is 8.62. The van der Waals surface area contributed by atoms with Crippen LogP contribution < -0.4 is 5.32 Å². The first-order valence-electron chi connectivity index (χ1n) is 7.42. The number of fused-ring (bicyclic) bond motifs is 1. The van der Waals surface area contributed by atoms with E-state index in [1.165, 1.54) is 62.2 Å². The average molecular weight is 299 g/mol. The molecule has 0 saturated carbocycles. The van der Waals surface area contributed by atoms with Gasteiger partial charge in [-0.25, -0.2) is 0 Å². The molecule has 0 amide bonds. The van der Waals surface area contributed by atoms with Gasteiger partial charge in [-0.3, -0.25) is 0 Å². The van der Waals surface area contributed by atoms with Crippen molar-refractivity contribution in [2.75, 3.05) is 26.7 Å². The molecule has 1 unspecified atom stereocenters. The van der Waals surface area contributed by atoms with Gasteiger partial charge >= 0.3 is 0 Å². The Bertz CT molecular complexity index is 424. The van der Waals surface area contributed by atoms with Gasteiger partial charge in [0.25, 0.3) is 0 Å². The molecular weight excluding hydrogens is 276 g/mol. The summed E-state index contributed by atoms with van der Waals surface area (Å²) < 4.78 is 0.956. The van der Waals surface area contributed by atoms with E-state index in [1.807, 2.05) is 0 Å². The second-order valence-corrected chi connectivity index (χ2v) is 7.80. The van der Waals surface area contributed by atoms with Crippen molar-refractivity contribution in [3.05, 3.63) is 20.8 Å². The van der Waals surface area contributed by atoms with E-state index in [9.17, 15) is 0 Å². The van der Waals surface area contributed by atoms with Crippen molar-refractivity contribution in [2.24, 2.45) is 5.92 Å². The highest BCUT2D eigenvalue weighted by atomic mass is 35.5. The lowest BCUT2D eigenvalue weighted by Gasteiger charge is -2.31. The van der Waals surface area contributed by atoms with Crippen LogP contribution in [-0.2, 0) is 6.42 Å². The molecule has 2 nitrogen and oxygen atoms in total. The molecule has 2 heterocycles. The number of nitrogens with zero attached hydrogens (tertiary/aromatic N) is 1. The lowest BCUT2D eigenvalue weighted by Crippen LogP contribution is -2.36. The smallest absolute Gasteiger partial charge is 0.0934 e. The monoisotopic (exact) mass is 298 g/mol. The van der Waals surface area contributed by atoms with E-state index in [-0.39, 0.29) is 0 Å². The molecule has 0 radical (unpaired) electrons. The fraction of sp³-hybridized carbons (Fsp3) is 0.733. The van der Waals surface area contributed by atoms with Crippen LogP contribution in [0.15, 0.2) is 6.07 Å². The van der Waals surface area contributed by atoms with Gasteiger partial charge in [-0.05, 0) is 76.3 Å². The van der Waals surface area contributed by atoms with Gasteiger partial charge in [0, 0.05) is 10.9 Å². The number of halogens is 1. The highest BCUT2D eigenvalue weighted by Crippen LogP contribution is 2.37. The van der Waals surface area contributed by atoms with E-state index in [1.54, 1.807) is 11.3 Å². The van der Waals surface area contributed by atoms with Gasteiger partial charge in [-0.15, -0.1) is 11.3 Å². The molecule has 1 aromatic rings. The fourth-order valence-electron chi connectivity index (χ4n) is 3.31. The van der Waals surface area contributed by atoms with Gasteiger partial charge in [0.2, 0.25) is 0 Å². The normalized spacial score (nSPS) is 25.5. The van der Waals surface area contributed by atoms with Crippen LogP contribution in [0.25, 0.3) is 0 Å². The zero-order chi connectivity index (χ0) is 13.2. The van der Waals surface area contributed by atoms with Gasteiger partial charge < -0.3 is 10.2 Å². The predicted molar refractivity (Wildman–Crippen MR) is 83.2 cm³/mol. The maximum absolute atomic E-state index is 6.17. The van der Waals surface area contributed by atoms with Crippen molar-refractivity contribution in [2.45, 2.75) is 38.1 Å². The molecule has 19 heavy (non-hydrogen) atoms. The molecule has 1 fully saturated rings. The summed E-state index contributed by atoms with van der Waals surface area (Å²) >= 11 is 7.94. The van der Waals surface area contributed by atoms with Crippen LogP contribution in [0.5, 0.6) is 0 Å². The predicted octanol–water partition coefficient (Wildman–Crippen LogP) is 3.71. The minimum atomic E-state index is 0.548. The molecule has 1 aromatic heterocycles. The lowest BCUT2D eigenvalue weighted by molar-refractivity contribution is 0.211. The number of hydrogen-bond acceptors (Lipinski definition) is 3. The SMILES string of the molecule is CN1CCC(CNC2CCCc3sc(Cl)cc32)CC1. The van der Waals surface area contributed by atoms with Crippen molar-refractivity contribution >= 4 is 22.9 Å². The summed E-state index contributed by atoms with van der Waals surface area (Å²) in [6, 6.07) is 2.74. The highest BCUT2D eigenvalue weighted by molar-refractivity contribution is 7.16. The number of rotatable bonds is 3. The van der Waals surface area contributed by atoms with Crippen LogP contribution in [0, 0.1) is 5.92 Å². The molecule has 1 aliphatic heterocycles. The van der Waals surface area contributed by atoms with Crippen LogP contribution in [0.3, 0.4) is 0 Å². The number of hydrogen-bond donors (Lipinski definition) is 1. The first kappa shape index (κ1) is 13.9. The molecule has 3 rings (SSSR count). The summed E-state index contributed by atoms with van der Waals surface area (Å²) in [7, 11) is 2.23. The van der Waals surface area contributed by atoms with Crippen molar-refractivity contribution < 1.29 is 0 Å². The van der Waals surface area contributed by atoms with Crippen LogP contribution in [0.1, 0.15) is 42.2 Å². The van der Waals surface area contributed by atoms with Crippen LogP contribution >= 0.6 is 22.9 Å². The molecular formula is C15H23ClN2S. The van der Waals surface area contributed by atoms with E-state index in [0.717, 1.165) is 10.3 Å². The molecule has 0 bridgehead atoms. The zero-order valence-electron chi connectivity index (χ0n) is 11.6. The van der Waals surface area contributed by atoms with Crippen LogP contribution in [-0.4, -0.2) is 31.6 Å². The topological polar surface area (TPSA) is 15.3 Å². The molecule has 2 aliphatic rings. The number of nitrogens with one attached hydrogen (secondary N) is 1. The Balaban J connectivity index is 1.56. The summed E-state index contributed by atoms with van der Waals surface area (Å²) in [4.78, 5) is 3.95. The van der Waals surface area contributed by atoms with Gasteiger partial charge in [-0.1, -0.05) is 11.6 Å². The molecule has 1 atom stereocenters. The fourth-order valence-corrected chi connectivity index (χ4v) is 4.69. The summed E-state index contributed by atoms with van der Waals surface area (Å²) in [6.07, 6.45) is 6.47. The first-order chi connectivity index (χ1) is 9.22. The van der Waals surface area contributed by atoms with Crippen molar-refractivity contribution in [1.29, 1.82) is 0 Å². The van der Waals surface area contributed by atoms with E-state index in [4.69, 9.17) is 11.6 Å². The van der Waals surface area contributed by atoms with E-state index in [0.29, 0.717) is 6.04 Å². The molecule has 1 saturated heterocycles. The van der Waals surface area contributed by atoms with Gasteiger partial charge in [-0.2, -0.15) is 0 Å². The molecule has 1 aliphatic carbocycles. The summed E-state index contributed by atoms with van der Waals surface area (Å²) in [5.41, 5.74) is 1.48. The Morgan fingerprint density at radius 2 is 2.16 bits per heavy atom. The van der Waals surface area contributed by atoms with E-state index >= 15 is 0 Å². The second-order valence-electron chi connectivity index (χ2n) is 6.03. The minimum absolute atomic E-state index is 0.548. The largest absolute Gasteiger partial charge is 0.310 e. The maximum atomic E-state index is 6.17. The number of aryl methyl sites for hydroxylation is 1. The van der Waals surface area contributed by atoms with E-state index < -0.39 is 0 Å². The number of thiophene rings is 1. The van der Waals surface area contributed by atoms with Crippen molar-refractivity contribution in [3.8, 4) is 0 Å². The number of likely N-dealkylation sites (tertiary alicyclic amines) is 1. The molecule has 0 spiro atoms. The van der Waals surface area contributed by atoms with Crippen molar-refractivity contribution in [3.63, 3.8) is 0 Å². The van der Waals surface area contributed by atoms with Gasteiger partial charge in [0.1, 0.15) is 0 Å². The minimum Gasteiger partial charge on any atom is -0.310 e. The maximum Gasteiger partial charge on any atom is 0.0934 e. The third-order valence-corrected chi connectivity index (χ3v) is 5.91. The Morgan fingerprint density at radius 1 is 1.37 bits per heavy atom. The summed E-state index contributed by atoms with van der Waals surface area (Å²) in [5.74, 6) is 0.857. The summed E-state index contributed by atoms with van der Waals surface area (Å²) in [6.45, 7) is 3.69. The number of piperidine rings is 1. The van der Waals surface area contributed by atoms with Crippen LogP contribution in [0.4, 0.5) is 0 Å². The Hall–Kier alpha value is -0.0900. The quantitative estimate of drug-likeness (QED) is 0.915. The van der Waals surface area contributed by atoms with Gasteiger partial charge in [0.15, 0.2) is 0 Å².